The Bertz CT molecular complexity index is 793. The van der Waals surface area contributed by atoms with Gasteiger partial charge in [0.2, 0.25) is 0 Å². The largest absolute Gasteiger partial charge is 0.393 e. The van der Waals surface area contributed by atoms with Gasteiger partial charge in [0.15, 0.2) is 0 Å². The van der Waals surface area contributed by atoms with E-state index in [0.29, 0.717) is 23.4 Å². The third-order valence-corrected chi connectivity index (χ3v) is 11.1. The summed E-state index contributed by atoms with van der Waals surface area (Å²) in [5.41, 5.74) is 3.70. The van der Waals surface area contributed by atoms with Crippen molar-refractivity contribution < 1.29 is 9.84 Å². The zero-order valence-corrected chi connectivity index (χ0v) is 19.4. The minimum atomic E-state index is -0.114. The summed E-state index contributed by atoms with van der Waals surface area (Å²) in [5, 5.41) is 14.1. The first-order valence-electron chi connectivity index (χ1n) is 12.8. The van der Waals surface area contributed by atoms with Crippen LogP contribution in [-0.2, 0) is 4.74 Å². The number of piperidine rings is 1. The Morgan fingerprint density at radius 2 is 1.93 bits per heavy atom. The molecule has 1 spiro atoms. The maximum absolute atomic E-state index is 10.2. The molecule has 4 aliphatic carbocycles. The zero-order chi connectivity index (χ0) is 20.9. The number of ether oxygens (including phenoxy) is 1. The van der Waals surface area contributed by atoms with Crippen LogP contribution < -0.4 is 5.32 Å². The summed E-state index contributed by atoms with van der Waals surface area (Å²) < 4.78 is 6.99. The Labute approximate surface area is 182 Å². The first kappa shape index (κ1) is 20.0. The quantitative estimate of drug-likeness (QED) is 0.538. The van der Waals surface area contributed by atoms with Gasteiger partial charge in [-0.15, -0.1) is 0 Å². The molecule has 0 radical (unpaired) electrons. The van der Waals surface area contributed by atoms with Crippen molar-refractivity contribution in [2.24, 2.45) is 40.4 Å². The van der Waals surface area contributed by atoms with E-state index in [-0.39, 0.29) is 17.2 Å². The Hall–Kier alpha value is -0.640. The van der Waals surface area contributed by atoms with Crippen LogP contribution in [0.2, 0.25) is 0 Å². The van der Waals surface area contributed by atoms with Crippen LogP contribution in [0.15, 0.2) is 23.3 Å². The number of fused-ring (bicyclic) bond motifs is 7. The zero-order valence-electron chi connectivity index (χ0n) is 19.4. The second kappa shape index (κ2) is 6.45. The number of rotatable bonds is 0. The van der Waals surface area contributed by atoms with Crippen molar-refractivity contribution in [3.63, 3.8) is 0 Å². The minimum Gasteiger partial charge on any atom is -0.393 e. The lowest BCUT2D eigenvalue weighted by Gasteiger charge is -2.54. The van der Waals surface area contributed by atoms with Crippen LogP contribution in [0.5, 0.6) is 0 Å². The van der Waals surface area contributed by atoms with Crippen LogP contribution in [0, 0.1) is 40.4 Å². The fourth-order valence-corrected chi connectivity index (χ4v) is 8.98. The van der Waals surface area contributed by atoms with Gasteiger partial charge in [0.1, 0.15) is 5.72 Å². The van der Waals surface area contributed by atoms with E-state index in [9.17, 15) is 5.11 Å². The fraction of sp³-hybridized carbons (Fsp3) is 0.852. The lowest BCUT2D eigenvalue weighted by Crippen LogP contribution is -2.56. The van der Waals surface area contributed by atoms with Crippen molar-refractivity contribution in [1.82, 2.24) is 5.32 Å². The molecule has 6 rings (SSSR count). The molecule has 0 aromatic carbocycles. The van der Waals surface area contributed by atoms with E-state index >= 15 is 0 Å². The highest BCUT2D eigenvalue weighted by atomic mass is 16.5. The predicted octanol–water partition coefficient (Wildman–Crippen LogP) is 5.21. The van der Waals surface area contributed by atoms with Crippen molar-refractivity contribution in [2.45, 2.75) is 97.0 Å². The molecule has 166 valence electrons. The van der Waals surface area contributed by atoms with E-state index in [1.165, 1.54) is 25.7 Å². The highest BCUT2D eigenvalue weighted by molar-refractivity contribution is 5.36. The van der Waals surface area contributed by atoms with Crippen molar-refractivity contribution in [1.29, 1.82) is 0 Å². The molecular weight excluding hydrogens is 370 g/mol. The third-order valence-electron chi connectivity index (χ3n) is 11.1. The van der Waals surface area contributed by atoms with E-state index in [1.807, 2.05) is 0 Å². The first-order chi connectivity index (χ1) is 14.3. The lowest BCUT2D eigenvalue weighted by atomic mass is 9.51. The topological polar surface area (TPSA) is 41.5 Å². The molecule has 10 atom stereocenters. The Morgan fingerprint density at radius 1 is 1.10 bits per heavy atom. The summed E-state index contributed by atoms with van der Waals surface area (Å²) in [7, 11) is 0. The van der Waals surface area contributed by atoms with Crippen LogP contribution in [0.1, 0.15) is 79.1 Å². The molecule has 30 heavy (non-hydrogen) atoms. The summed E-state index contributed by atoms with van der Waals surface area (Å²) in [6, 6.07) is 0. The summed E-state index contributed by atoms with van der Waals surface area (Å²) in [4.78, 5) is 0. The molecule has 10 unspecified atom stereocenters. The molecule has 0 amide bonds. The van der Waals surface area contributed by atoms with Crippen LogP contribution in [0.25, 0.3) is 0 Å². The van der Waals surface area contributed by atoms with Crippen molar-refractivity contribution in [2.75, 3.05) is 6.54 Å². The summed E-state index contributed by atoms with van der Waals surface area (Å²) >= 11 is 0. The molecule has 4 fully saturated rings. The molecule has 0 aromatic rings. The van der Waals surface area contributed by atoms with Crippen LogP contribution in [0.3, 0.4) is 0 Å². The van der Waals surface area contributed by atoms with Gasteiger partial charge in [-0.2, -0.15) is 0 Å². The fourth-order valence-electron chi connectivity index (χ4n) is 8.98. The van der Waals surface area contributed by atoms with E-state index < -0.39 is 0 Å². The van der Waals surface area contributed by atoms with Gasteiger partial charge in [0, 0.05) is 17.9 Å². The number of nitrogens with one attached hydrogen (secondary N) is 1. The lowest BCUT2D eigenvalue weighted by molar-refractivity contribution is -0.107. The molecule has 6 aliphatic rings. The van der Waals surface area contributed by atoms with Gasteiger partial charge in [-0.25, -0.2) is 0 Å². The molecule has 0 aromatic heterocycles. The smallest absolute Gasteiger partial charge is 0.123 e. The molecule has 2 N–H and O–H groups in total. The Kier molecular flexibility index (Phi) is 4.30. The minimum absolute atomic E-state index is 0.0975. The van der Waals surface area contributed by atoms with Gasteiger partial charge in [0.05, 0.1) is 12.2 Å². The van der Waals surface area contributed by atoms with Gasteiger partial charge in [-0.1, -0.05) is 51.0 Å². The number of hydrogen-bond donors (Lipinski definition) is 2. The number of aliphatic hydroxyl groups is 1. The average Bonchev–Trinajstić information content (AvgIpc) is 3.12. The molecule has 2 saturated carbocycles. The van der Waals surface area contributed by atoms with E-state index in [1.54, 1.807) is 11.1 Å². The summed E-state index contributed by atoms with van der Waals surface area (Å²) in [6.45, 7) is 11.0. The number of aliphatic hydroxyl groups excluding tert-OH is 1. The van der Waals surface area contributed by atoms with Gasteiger partial charge < -0.3 is 9.84 Å². The monoisotopic (exact) mass is 411 g/mol. The maximum Gasteiger partial charge on any atom is 0.123 e. The van der Waals surface area contributed by atoms with Crippen molar-refractivity contribution in [3.05, 3.63) is 23.3 Å². The van der Waals surface area contributed by atoms with Gasteiger partial charge in [-0.3, -0.25) is 5.32 Å². The number of hydrogen-bond acceptors (Lipinski definition) is 3. The van der Waals surface area contributed by atoms with Gasteiger partial charge >= 0.3 is 0 Å². The maximum atomic E-state index is 10.2. The standard InChI is InChI=1S/C27H41NO2/c1-16-9-12-27(28-15-16)17(2)26(4)23-8-7-22-20(21(23)14-24(26)30-27)6-5-18-13-19(29)10-11-25(18,22)3/h5,8,16-17,19-22,24,28-29H,6-7,9-15H2,1-4H3. The van der Waals surface area contributed by atoms with Gasteiger partial charge in [0.25, 0.3) is 0 Å². The summed E-state index contributed by atoms with van der Waals surface area (Å²) in [5.74, 6) is 3.51. The van der Waals surface area contributed by atoms with Gasteiger partial charge in [-0.05, 0) is 80.5 Å². The van der Waals surface area contributed by atoms with Crippen LogP contribution in [-0.4, -0.2) is 29.6 Å². The van der Waals surface area contributed by atoms with E-state index in [0.717, 1.165) is 50.0 Å². The second-order valence-corrected chi connectivity index (χ2v) is 12.3. The summed E-state index contributed by atoms with van der Waals surface area (Å²) in [6.07, 6.45) is 14.6. The van der Waals surface area contributed by atoms with Crippen molar-refractivity contribution >= 4 is 0 Å². The average molecular weight is 412 g/mol. The van der Waals surface area contributed by atoms with Crippen LogP contribution in [0.4, 0.5) is 0 Å². The third kappa shape index (κ3) is 2.43. The normalized spacial score (nSPS) is 57.2. The molecule has 0 bridgehead atoms. The molecule has 3 nitrogen and oxygen atoms in total. The Morgan fingerprint density at radius 3 is 2.70 bits per heavy atom. The first-order valence-corrected chi connectivity index (χ1v) is 12.8. The van der Waals surface area contributed by atoms with Crippen molar-refractivity contribution in [3.8, 4) is 0 Å². The van der Waals surface area contributed by atoms with E-state index in [2.05, 4.69) is 45.2 Å². The number of allylic oxidation sites excluding steroid dienone is 2. The SMILES string of the molecule is CC1CCC2(NC1)OC1CC3C(=CCC4C3CC=C3CC(O)CCC34C)C1(C)C2C. The second-order valence-electron chi connectivity index (χ2n) is 12.3. The Balaban J connectivity index is 1.31. The highest BCUT2D eigenvalue weighted by Gasteiger charge is 2.67. The van der Waals surface area contributed by atoms with E-state index in [4.69, 9.17) is 4.74 Å². The molecule has 2 aliphatic heterocycles. The predicted molar refractivity (Wildman–Crippen MR) is 120 cm³/mol. The molecular formula is C27H41NO2. The highest BCUT2D eigenvalue weighted by Crippen LogP contribution is 2.68. The molecule has 3 heteroatoms. The molecule has 2 saturated heterocycles. The van der Waals surface area contributed by atoms with Crippen LogP contribution >= 0.6 is 0 Å². The molecule has 2 heterocycles.